The number of amides is 2. The van der Waals surface area contributed by atoms with Gasteiger partial charge in [0.05, 0.1) is 17.8 Å². The molecular weight excluding hydrogens is 585 g/mol. The third-order valence-electron chi connectivity index (χ3n) is 6.77. The lowest BCUT2D eigenvalue weighted by molar-refractivity contribution is -0.122. The molecule has 39 heavy (non-hydrogen) atoms. The van der Waals surface area contributed by atoms with Gasteiger partial charge in [0.1, 0.15) is 11.6 Å². The van der Waals surface area contributed by atoms with Gasteiger partial charge in [-0.15, -0.1) is 23.7 Å². The first-order chi connectivity index (χ1) is 18.2. The summed E-state index contributed by atoms with van der Waals surface area (Å²) in [4.78, 5) is 38.4. The molecule has 4 heterocycles. The van der Waals surface area contributed by atoms with Crippen LogP contribution in [0.2, 0.25) is 5.02 Å². The summed E-state index contributed by atoms with van der Waals surface area (Å²) >= 11 is 7.40. The van der Waals surface area contributed by atoms with Gasteiger partial charge in [-0.05, 0) is 31.3 Å². The number of aromatic amines is 1. The Balaban J connectivity index is 0.00000353. The molecule has 0 saturated carbocycles. The van der Waals surface area contributed by atoms with Crippen molar-refractivity contribution in [1.82, 2.24) is 29.4 Å². The zero-order valence-electron chi connectivity index (χ0n) is 21.0. The Bertz CT molecular complexity index is 1550. The predicted molar refractivity (Wildman–Crippen MR) is 150 cm³/mol. The van der Waals surface area contributed by atoms with Crippen LogP contribution in [0, 0.1) is 11.3 Å². The summed E-state index contributed by atoms with van der Waals surface area (Å²) in [6, 6.07) is 7.71. The smallest absolute Gasteiger partial charge is 0.283 e. The molecule has 2 aromatic heterocycles. The number of H-pyrrole nitrogens is 1. The van der Waals surface area contributed by atoms with Gasteiger partial charge < -0.3 is 20.1 Å². The van der Waals surface area contributed by atoms with Crippen LogP contribution in [0.1, 0.15) is 26.8 Å². The molecule has 1 saturated heterocycles. The third kappa shape index (κ3) is 6.06. The molecule has 15 heteroatoms. The fraction of sp³-hybridized carbons (Fsp3) is 0.417. The van der Waals surface area contributed by atoms with Crippen molar-refractivity contribution in [2.24, 2.45) is 0 Å². The fourth-order valence-electron chi connectivity index (χ4n) is 4.80. The Morgan fingerprint density at radius 2 is 2.08 bits per heavy atom. The number of carbonyl (C=O) groups is 2. The standard InChI is InChI=1S/C24H26ClN7O4S2.ClH/c1-30-7-4-19-20(14-30)37-23(29-19)24(34)32-9-8-31(13-17(32)12-21(33)27-6-5-26)38(35,36)22-11-15-10-16(25)2-3-18(15)28-22;/h2-3,10-11,17,28H,4,6-9,12-14H2,1H3,(H,27,33);1H. The Hall–Kier alpha value is -2.73. The number of fused-ring (bicyclic) bond motifs is 2. The number of piperazine rings is 1. The van der Waals surface area contributed by atoms with Crippen LogP contribution in [0.25, 0.3) is 10.9 Å². The molecule has 2 N–H and O–H groups in total. The number of nitrogens with zero attached hydrogens (tertiary/aromatic N) is 5. The van der Waals surface area contributed by atoms with Gasteiger partial charge >= 0.3 is 0 Å². The van der Waals surface area contributed by atoms with Crippen LogP contribution < -0.4 is 5.32 Å². The van der Waals surface area contributed by atoms with E-state index in [-0.39, 0.29) is 55.9 Å². The first-order valence-corrected chi connectivity index (χ1v) is 14.7. The largest absolute Gasteiger partial charge is 0.345 e. The minimum absolute atomic E-state index is 0. The first-order valence-electron chi connectivity index (χ1n) is 12.1. The minimum Gasteiger partial charge on any atom is -0.345 e. The summed E-state index contributed by atoms with van der Waals surface area (Å²) in [5.41, 5.74) is 1.55. The number of halogens is 2. The molecule has 0 bridgehead atoms. The highest BCUT2D eigenvalue weighted by atomic mass is 35.5. The van der Waals surface area contributed by atoms with Crippen LogP contribution in [-0.4, -0.2) is 90.1 Å². The van der Waals surface area contributed by atoms with Crippen LogP contribution in [0.4, 0.5) is 0 Å². The molecule has 1 unspecified atom stereocenters. The molecule has 2 aliphatic heterocycles. The van der Waals surface area contributed by atoms with Gasteiger partial charge in [0, 0.05) is 66.4 Å². The Labute approximate surface area is 241 Å². The lowest BCUT2D eigenvalue weighted by Gasteiger charge is -2.40. The van der Waals surface area contributed by atoms with Crippen LogP contribution in [0.15, 0.2) is 29.3 Å². The predicted octanol–water partition coefficient (Wildman–Crippen LogP) is 2.23. The summed E-state index contributed by atoms with van der Waals surface area (Å²) in [7, 11) is -1.94. The van der Waals surface area contributed by atoms with Crippen molar-refractivity contribution in [1.29, 1.82) is 5.26 Å². The molecule has 1 aromatic carbocycles. The fourth-order valence-corrected chi connectivity index (χ4v) is 7.61. The van der Waals surface area contributed by atoms with Crippen LogP contribution in [-0.2, 0) is 27.8 Å². The number of rotatable bonds is 6. The van der Waals surface area contributed by atoms with E-state index in [1.165, 1.54) is 26.6 Å². The molecule has 208 valence electrons. The third-order valence-corrected chi connectivity index (χ3v) is 9.87. The number of nitrogens with one attached hydrogen (secondary N) is 2. The molecular formula is C24H27Cl2N7O4S2. The highest BCUT2D eigenvalue weighted by Gasteiger charge is 2.39. The van der Waals surface area contributed by atoms with E-state index in [0.29, 0.717) is 20.9 Å². The van der Waals surface area contributed by atoms with E-state index in [2.05, 4.69) is 20.2 Å². The summed E-state index contributed by atoms with van der Waals surface area (Å²) in [5, 5.41) is 12.8. The van der Waals surface area contributed by atoms with E-state index >= 15 is 0 Å². The van der Waals surface area contributed by atoms with Gasteiger partial charge in [-0.1, -0.05) is 11.6 Å². The van der Waals surface area contributed by atoms with E-state index in [1.807, 2.05) is 13.1 Å². The maximum atomic E-state index is 13.6. The van der Waals surface area contributed by atoms with E-state index < -0.39 is 22.0 Å². The molecule has 0 radical (unpaired) electrons. The molecule has 0 aliphatic carbocycles. The molecule has 2 amide bonds. The SMILES string of the molecule is CN1CCc2nc(C(=O)N3CCN(S(=O)(=O)c4cc5cc(Cl)ccc5[nH]4)CC3CC(=O)NCC#N)sc2C1.Cl. The summed E-state index contributed by atoms with van der Waals surface area (Å²) in [5.74, 6) is -0.753. The number of sulfonamides is 1. The van der Waals surface area contributed by atoms with Crippen LogP contribution in [0.5, 0.6) is 0 Å². The lowest BCUT2D eigenvalue weighted by atomic mass is 10.1. The first kappa shape index (κ1) is 29.3. The van der Waals surface area contributed by atoms with Gasteiger partial charge in [0.15, 0.2) is 5.01 Å². The molecule has 0 spiro atoms. The Morgan fingerprint density at radius 1 is 1.28 bits per heavy atom. The Morgan fingerprint density at radius 3 is 2.85 bits per heavy atom. The van der Waals surface area contributed by atoms with Crippen molar-refractivity contribution in [3.8, 4) is 6.07 Å². The van der Waals surface area contributed by atoms with Gasteiger partial charge in [-0.3, -0.25) is 9.59 Å². The quantitative estimate of drug-likeness (QED) is 0.407. The summed E-state index contributed by atoms with van der Waals surface area (Å²) < 4.78 is 28.4. The summed E-state index contributed by atoms with van der Waals surface area (Å²) in [6.07, 6.45) is 0.618. The van der Waals surface area contributed by atoms with Gasteiger partial charge in [0.25, 0.3) is 15.9 Å². The molecule has 1 atom stereocenters. The molecule has 5 rings (SSSR count). The van der Waals surface area contributed by atoms with Crippen LogP contribution >= 0.6 is 35.3 Å². The number of likely N-dealkylation sites (N-methyl/N-ethyl adjacent to an activating group) is 1. The molecule has 1 fully saturated rings. The van der Waals surface area contributed by atoms with Gasteiger partial charge in [-0.25, -0.2) is 13.4 Å². The highest BCUT2D eigenvalue weighted by Crippen LogP contribution is 2.29. The second-order valence-electron chi connectivity index (χ2n) is 9.40. The van der Waals surface area contributed by atoms with E-state index in [4.69, 9.17) is 16.9 Å². The number of hydrogen-bond acceptors (Lipinski definition) is 8. The number of nitriles is 1. The van der Waals surface area contributed by atoms with Crippen molar-refractivity contribution in [2.75, 3.05) is 39.8 Å². The average Bonchev–Trinajstić information content (AvgIpc) is 3.51. The number of hydrogen-bond donors (Lipinski definition) is 2. The zero-order chi connectivity index (χ0) is 27.0. The molecule has 11 nitrogen and oxygen atoms in total. The normalized spacial score (nSPS) is 18.3. The Kier molecular flexibility index (Phi) is 8.85. The molecule has 3 aromatic rings. The van der Waals surface area contributed by atoms with Crippen molar-refractivity contribution < 1.29 is 18.0 Å². The second kappa shape index (κ2) is 11.8. The van der Waals surface area contributed by atoms with Gasteiger partial charge in [0.2, 0.25) is 5.91 Å². The minimum atomic E-state index is -3.95. The van der Waals surface area contributed by atoms with Crippen molar-refractivity contribution in [3.63, 3.8) is 0 Å². The topological polar surface area (TPSA) is 142 Å². The highest BCUT2D eigenvalue weighted by molar-refractivity contribution is 7.89. The van der Waals surface area contributed by atoms with Crippen LogP contribution in [0.3, 0.4) is 0 Å². The second-order valence-corrected chi connectivity index (χ2v) is 12.8. The maximum Gasteiger partial charge on any atom is 0.283 e. The number of carbonyl (C=O) groups excluding carboxylic acids is 2. The van der Waals surface area contributed by atoms with Gasteiger partial charge in [-0.2, -0.15) is 9.57 Å². The van der Waals surface area contributed by atoms with E-state index in [9.17, 15) is 18.0 Å². The number of aromatic nitrogens is 2. The average molecular weight is 613 g/mol. The number of benzene rings is 1. The zero-order valence-corrected chi connectivity index (χ0v) is 24.2. The summed E-state index contributed by atoms with van der Waals surface area (Å²) in [6.45, 7) is 1.51. The van der Waals surface area contributed by atoms with E-state index in [1.54, 1.807) is 18.2 Å². The van der Waals surface area contributed by atoms with Crippen molar-refractivity contribution in [3.05, 3.63) is 44.9 Å². The number of thiazole rings is 1. The van der Waals surface area contributed by atoms with Crippen molar-refractivity contribution in [2.45, 2.75) is 30.5 Å². The molecule has 2 aliphatic rings. The van der Waals surface area contributed by atoms with E-state index in [0.717, 1.165) is 30.1 Å². The maximum absolute atomic E-state index is 13.6. The monoisotopic (exact) mass is 611 g/mol. The lowest BCUT2D eigenvalue weighted by Crippen LogP contribution is -2.57. The van der Waals surface area contributed by atoms with Crippen molar-refractivity contribution >= 4 is 68.1 Å².